The molecular weight excluding hydrogens is 485 g/mol. The van der Waals surface area contributed by atoms with Gasteiger partial charge in [-0.15, -0.1) is 0 Å². The molecule has 178 valence electrons. The summed E-state index contributed by atoms with van der Waals surface area (Å²) >= 11 is 0. The molecule has 3 aromatic rings. The summed E-state index contributed by atoms with van der Waals surface area (Å²) < 4.78 is 31.8. The fourth-order valence-electron chi connectivity index (χ4n) is 3.30. The SMILES string of the molecule is C[C@H](Cn1cnc2c(N)ncnc21)OCP(=O)(O)O[C@H]1CSSC[C@@H]1OCc1ccccc1. The number of fused-ring (bicyclic) bond motifs is 1. The van der Waals surface area contributed by atoms with Gasteiger partial charge in [-0.3, -0.25) is 4.57 Å². The molecule has 33 heavy (non-hydrogen) atoms. The van der Waals surface area contributed by atoms with E-state index in [9.17, 15) is 9.46 Å². The number of ether oxygens (including phenoxy) is 2. The molecule has 1 aromatic carbocycles. The smallest absolute Gasteiger partial charge is 0.353 e. The molecule has 1 saturated heterocycles. The Kier molecular flexibility index (Phi) is 8.29. The maximum absolute atomic E-state index is 12.7. The van der Waals surface area contributed by atoms with Crippen molar-refractivity contribution in [1.29, 1.82) is 0 Å². The fourth-order valence-corrected chi connectivity index (χ4v) is 6.98. The van der Waals surface area contributed by atoms with Crippen molar-refractivity contribution in [3.8, 4) is 0 Å². The standard InChI is InChI=1S/C20H26N5O5PS2/c1-14(7-25-12-24-18-19(21)22-11-23-20(18)25)29-13-31(26,27)30-17-10-33-32-9-16(17)28-8-15-5-3-2-4-6-15/h2-6,11-12,14,16-17H,7-10,13H2,1H3,(H,26,27)(H2,21,22,23)/t14-,16+,17+/m1/s1. The summed E-state index contributed by atoms with van der Waals surface area (Å²) in [5.41, 5.74) is 7.95. The third-order valence-electron chi connectivity index (χ3n) is 4.98. The number of nitrogens with zero attached hydrogens (tertiary/aromatic N) is 4. The van der Waals surface area contributed by atoms with Crippen LogP contribution < -0.4 is 5.73 Å². The highest BCUT2D eigenvalue weighted by molar-refractivity contribution is 8.76. The molecule has 1 aliphatic heterocycles. The van der Waals surface area contributed by atoms with Crippen LogP contribution in [-0.2, 0) is 31.7 Å². The maximum atomic E-state index is 12.7. The van der Waals surface area contributed by atoms with Crippen molar-refractivity contribution >= 4 is 46.2 Å². The Morgan fingerprint density at radius 3 is 2.76 bits per heavy atom. The lowest BCUT2D eigenvalue weighted by Crippen LogP contribution is -2.37. The van der Waals surface area contributed by atoms with E-state index >= 15 is 0 Å². The molecule has 4 rings (SSSR count). The minimum atomic E-state index is -3.99. The first kappa shape index (κ1) is 24.5. The first-order valence-corrected chi connectivity index (χ1v) is 14.6. The van der Waals surface area contributed by atoms with Gasteiger partial charge >= 0.3 is 7.60 Å². The minimum absolute atomic E-state index is 0.281. The van der Waals surface area contributed by atoms with Gasteiger partial charge < -0.3 is 29.2 Å². The van der Waals surface area contributed by atoms with Crippen molar-refractivity contribution in [2.75, 3.05) is 23.6 Å². The third kappa shape index (κ3) is 6.69. The number of rotatable bonds is 10. The van der Waals surface area contributed by atoms with E-state index in [2.05, 4.69) is 15.0 Å². The number of hydrogen-bond donors (Lipinski definition) is 2. The normalized spacial score (nSPS) is 21.6. The van der Waals surface area contributed by atoms with Gasteiger partial charge in [0.2, 0.25) is 0 Å². The molecule has 10 nitrogen and oxygen atoms in total. The second-order valence-electron chi connectivity index (χ2n) is 7.62. The van der Waals surface area contributed by atoms with E-state index in [4.69, 9.17) is 19.7 Å². The van der Waals surface area contributed by atoms with Crippen LogP contribution in [-0.4, -0.2) is 60.6 Å². The molecule has 0 aliphatic carbocycles. The molecule has 0 bridgehead atoms. The van der Waals surface area contributed by atoms with E-state index in [0.29, 0.717) is 41.6 Å². The molecule has 4 atom stereocenters. The molecule has 0 radical (unpaired) electrons. The highest BCUT2D eigenvalue weighted by Crippen LogP contribution is 2.47. The largest absolute Gasteiger partial charge is 0.382 e. The number of anilines is 1. The fraction of sp³-hybridized carbons (Fsp3) is 0.450. The number of nitrogen functional groups attached to an aromatic ring is 1. The van der Waals surface area contributed by atoms with E-state index in [-0.39, 0.29) is 12.2 Å². The van der Waals surface area contributed by atoms with Gasteiger partial charge in [0.1, 0.15) is 24.3 Å². The predicted octanol–water partition coefficient (Wildman–Crippen LogP) is 3.32. The zero-order chi connectivity index (χ0) is 23.3. The summed E-state index contributed by atoms with van der Waals surface area (Å²) in [7, 11) is -0.713. The molecule has 1 aliphatic rings. The van der Waals surface area contributed by atoms with Gasteiger partial charge in [0.25, 0.3) is 0 Å². The number of benzene rings is 1. The molecule has 13 heteroatoms. The second-order valence-corrected chi connectivity index (χ2v) is 11.9. The molecule has 0 spiro atoms. The van der Waals surface area contributed by atoms with Gasteiger partial charge in [0, 0.05) is 11.5 Å². The van der Waals surface area contributed by atoms with Crippen molar-refractivity contribution in [3.63, 3.8) is 0 Å². The van der Waals surface area contributed by atoms with E-state index in [1.54, 1.807) is 39.4 Å². The second kappa shape index (κ2) is 11.2. The van der Waals surface area contributed by atoms with Gasteiger partial charge in [-0.2, -0.15) is 0 Å². The molecule has 3 N–H and O–H groups in total. The van der Waals surface area contributed by atoms with Crippen LogP contribution in [0.5, 0.6) is 0 Å². The first-order chi connectivity index (χ1) is 15.9. The Morgan fingerprint density at radius 1 is 1.21 bits per heavy atom. The summed E-state index contributed by atoms with van der Waals surface area (Å²) in [6.45, 7) is 2.60. The van der Waals surface area contributed by atoms with Crippen LogP contribution in [0.4, 0.5) is 5.82 Å². The zero-order valence-corrected chi connectivity index (χ0v) is 20.5. The van der Waals surface area contributed by atoms with Crippen molar-refractivity contribution in [3.05, 3.63) is 48.5 Å². The average molecular weight is 512 g/mol. The monoisotopic (exact) mass is 511 g/mol. The lowest BCUT2D eigenvalue weighted by atomic mass is 10.2. The van der Waals surface area contributed by atoms with Crippen molar-refractivity contribution in [2.45, 2.75) is 38.4 Å². The quantitative estimate of drug-likeness (QED) is 0.306. The van der Waals surface area contributed by atoms with Gasteiger partial charge in [-0.05, 0) is 12.5 Å². The molecule has 1 unspecified atom stereocenters. The molecule has 3 heterocycles. The van der Waals surface area contributed by atoms with Crippen molar-refractivity contribution in [1.82, 2.24) is 19.5 Å². The zero-order valence-electron chi connectivity index (χ0n) is 18.0. The van der Waals surface area contributed by atoms with Gasteiger partial charge in [0.05, 0.1) is 31.7 Å². The summed E-state index contributed by atoms with van der Waals surface area (Å²) in [6, 6.07) is 9.82. The molecular formula is C20H26N5O5PS2. The maximum Gasteiger partial charge on any atom is 0.353 e. The Bertz CT molecular complexity index is 1100. The number of hydrogen-bond acceptors (Lipinski definition) is 10. The summed E-state index contributed by atoms with van der Waals surface area (Å²) in [5, 5.41) is 0. The van der Waals surface area contributed by atoms with Crippen LogP contribution in [0.1, 0.15) is 12.5 Å². The molecule has 0 saturated carbocycles. The van der Waals surface area contributed by atoms with Crippen LogP contribution in [0.25, 0.3) is 11.2 Å². The van der Waals surface area contributed by atoms with Crippen LogP contribution in [0.3, 0.4) is 0 Å². The summed E-state index contributed by atoms with van der Waals surface area (Å²) in [6.07, 6.45) is 1.38. The van der Waals surface area contributed by atoms with E-state index in [1.165, 1.54) is 6.33 Å². The Morgan fingerprint density at radius 2 is 1.97 bits per heavy atom. The van der Waals surface area contributed by atoms with Crippen molar-refractivity contribution in [2.24, 2.45) is 0 Å². The van der Waals surface area contributed by atoms with Crippen LogP contribution in [0.15, 0.2) is 43.0 Å². The van der Waals surface area contributed by atoms with E-state index in [1.807, 2.05) is 30.3 Å². The predicted molar refractivity (Wildman–Crippen MR) is 130 cm³/mol. The summed E-state index contributed by atoms with van der Waals surface area (Å²) in [4.78, 5) is 22.8. The third-order valence-corrected chi connectivity index (χ3v) is 8.46. The lowest BCUT2D eigenvalue weighted by Gasteiger charge is -2.31. The molecule has 1 fully saturated rings. The highest BCUT2D eigenvalue weighted by atomic mass is 33.1. The van der Waals surface area contributed by atoms with Gasteiger partial charge in [-0.25, -0.2) is 15.0 Å². The summed E-state index contributed by atoms with van der Waals surface area (Å²) in [5.74, 6) is 1.54. The van der Waals surface area contributed by atoms with Gasteiger partial charge in [0.15, 0.2) is 11.5 Å². The number of aromatic nitrogens is 4. The minimum Gasteiger partial charge on any atom is -0.382 e. The number of nitrogens with two attached hydrogens (primary N) is 1. The van der Waals surface area contributed by atoms with E-state index < -0.39 is 20.0 Å². The van der Waals surface area contributed by atoms with Crippen LogP contribution in [0.2, 0.25) is 0 Å². The van der Waals surface area contributed by atoms with Crippen molar-refractivity contribution < 1.29 is 23.5 Å². The van der Waals surface area contributed by atoms with Gasteiger partial charge in [-0.1, -0.05) is 51.9 Å². The molecule has 0 amide bonds. The topological polar surface area (TPSA) is 135 Å². The molecule has 2 aromatic heterocycles. The van der Waals surface area contributed by atoms with Crippen LogP contribution >= 0.6 is 29.2 Å². The van der Waals surface area contributed by atoms with Crippen LogP contribution in [0, 0.1) is 0 Å². The Labute approximate surface area is 199 Å². The lowest BCUT2D eigenvalue weighted by molar-refractivity contribution is -0.0200. The van der Waals surface area contributed by atoms with E-state index in [0.717, 1.165) is 5.56 Å². The number of imidazole rings is 1. The average Bonchev–Trinajstić information content (AvgIpc) is 3.22. The Balaban J connectivity index is 1.29. The highest BCUT2D eigenvalue weighted by Gasteiger charge is 2.34. The first-order valence-electron chi connectivity index (χ1n) is 10.3. The Hall–Kier alpha value is -1.66.